The molecule has 0 amide bonds. The molecule has 0 saturated carbocycles. The van der Waals surface area contributed by atoms with Gasteiger partial charge in [-0.3, -0.25) is 4.99 Å². The predicted octanol–water partition coefficient (Wildman–Crippen LogP) is 3.15. The summed E-state index contributed by atoms with van der Waals surface area (Å²) in [5.74, 6) is -1.19. The first-order valence-corrected chi connectivity index (χ1v) is 9.95. The van der Waals surface area contributed by atoms with Crippen LogP contribution in [0.5, 0.6) is 0 Å². The molecule has 5 rings (SSSR count). The number of rotatable bonds is 4. The summed E-state index contributed by atoms with van der Waals surface area (Å²) < 4.78 is 5.51. The molecule has 30 heavy (non-hydrogen) atoms. The fourth-order valence-electron chi connectivity index (χ4n) is 4.67. The normalized spacial score (nSPS) is 16.6. The number of benzene rings is 3. The van der Waals surface area contributed by atoms with Crippen LogP contribution in [-0.4, -0.2) is 29.3 Å². The van der Waals surface area contributed by atoms with Crippen molar-refractivity contribution in [3.63, 3.8) is 0 Å². The van der Waals surface area contributed by atoms with Gasteiger partial charge in [-0.15, -0.1) is 0 Å². The highest BCUT2D eigenvalue weighted by Gasteiger charge is 2.44. The van der Waals surface area contributed by atoms with Crippen LogP contribution in [0.2, 0.25) is 0 Å². The molecule has 0 bridgehead atoms. The van der Waals surface area contributed by atoms with E-state index in [2.05, 4.69) is 17.1 Å². The minimum Gasteiger partial charge on any atom is -0.599 e. The van der Waals surface area contributed by atoms with E-state index in [4.69, 9.17) is 4.74 Å². The first kappa shape index (κ1) is 18.4. The van der Waals surface area contributed by atoms with Crippen LogP contribution < -0.4 is 5.11 Å². The number of fused-ring (bicyclic) bond motifs is 4. The van der Waals surface area contributed by atoms with Gasteiger partial charge in [0.2, 0.25) is 0 Å². The molecule has 0 saturated heterocycles. The zero-order valence-corrected chi connectivity index (χ0v) is 16.2. The highest BCUT2D eigenvalue weighted by Crippen LogP contribution is 2.44. The Balaban J connectivity index is 1.39. The standard InChI is InChI=1S/C25H21NO4/c27-23(28)25(13-16-7-1-2-8-17(16)14-25)26-24(29)30-15-22-20-11-5-3-9-18(20)19-10-4-6-12-21(19)22/h1-12,22H,13-15H2,(H,26,29)(H,27,28)/p-1. The number of hydrogen-bond acceptors (Lipinski definition) is 4. The number of carboxylic acid groups (broad SMARTS) is 1. The zero-order chi connectivity index (χ0) is 20.7. The van der Waals surface area contributed by atoms with Gasteiger partial charge in [0.05, 0.1) is 0 Å². The Hall–Kier alpha value is -3.60. The van der Waals surface area contributed by atoms with Crippen LogP contribution in [0.15, 0.2) is 77.8 Å². The summed E-state index contributed by atoms with van der Waals surface area (Å²) in [6, 6.07) is 23.6. The van der Waals surface area contributed by atoms with Crippen LogP contribution >= 0.6 is 0 Å². The van der Waals surface area contributed by atoms with Gasteiger partial charge in [-0.1, -0.05) is 72.8 Å². The van der Waals surface area contributed by atoms with Crippen LogP contribution in [0.4, 0.5) is 0 Å². The molecule has 5 heteroatoms. The Morgan fingerprint density at radius 3 is 1.97 bits per heavy atom. The number of nitrogens with zero attached hydrogens (tertiary/aromatic N) is 1. The maximum absolute atomic E-state index is 12.6. The van der Waals surface area contributed by atoms with Gasteiger partial charge >= 0.3 is 5.97 Å². The minimum absolute atomic E-state index is 0.0851. The highest BCUT2D eigenvalue weighted by molar-refractivity contribution is 5.84. The largest absolute Gasteiger partial charge is 0.599 e. The molecule has 0 atom stereocenters. The quantitative estimate of drug-likeness (QED) is 0.541. The average molecular weight is 398 g/mol. The van der Waals surface area contributed by atoms with Gasteiger partial charge in [0, 0.05) is 25.4 Å². The number of ether oxygens (including phenoxy) is 1. The van der Waals surface area contributed by atoms with Crippen molar-refractivity contribution in [3.8, 4) is 11.1 Å². The number of carboxylic acids is 1. The zero-order valence-electron chi connectivity index (χ0n) is 16.2. The van der Waals surface area contributed by atoms with Crippen LogP contribution in [0.1, 0.15) is 28.2 Å². The fourth-order valence-corrected chi connectivity index (χ4v) is 4.67. The Kier molecular flexibility index (Phi) is 4.31. The molecular formula is C25H20NO4-. The summed E-state index contributed by atoms with van der Waals surface area (Å²) in [7, 11) is 0. The van der Waals surface area contributed by atoms with E-state index in [1.165, 1.54) is 0 Å². The van der Waals surface area contributed by atoms with Crippen molar-refractivity contribution in [2.75, 3.05) is 6.61 Å². The topological polar surface area (TPSA) is 82.0 Å². The molecule has 1 N–H and O–H groups in total. The van der Waals surface area contributed by atoms with Gasteiger partial charge in [0.25, 0.3) is 0 Å². The summed E-state index contributed by atoms with van der Waals surface area (Å²) in [4.78, 5) is 16.0. The second-order valence-electron chi connectivity index (χ2n) is 7.87. The first-order valence-electron chi connectivity index (χ1n) is 9.95. The van der Waals surface area contributed by atoms with Crippen molar-refractivity contribution < 1.29 is 19.7 Å². The van der Waals surface area contributed by atoms with E-state index >= 15 is 0 Å². The molecule has 2 aliphatic rings. The molecule has 0 unspecified atom stereocenters. The molecule has 3 aromatic carbocycles. The van der Waals surface area contributed by atoms with Crippen molar-refractivity contribution in [1.29, 1.82) is 0 Å². The molecule has 0 aliphatic heterocycles. The molecule has 0 fully saturated rings. The molecule has 5 nitrogen and oxygen atoms in total. The number of hydrogen-bond donors (Lipinski definition) is 1. The van der Waals surface area contributed by atoms with E-state index in [0.29, 0.717) is 0 Å². The number of carbonyl (C=O) groups is 1. The minimum atomic E-state index is -1.49. The lowest BCUT2D eigenvalue weighted by Crippen LogP contribution is -2.41. The summed E-state index contributed by atoms with van der Waals surface area (Å²) in [5.41, 5.74) is 4.82. The Labute approximate surface area is 174 Å². The third-order valence-electron chi connectivity index (χ3n) is 6.12. The van der Waals surface area contributed by atoms with E-state index in [0.717, 1.165) is 33.4 Å². The van der Waals surface area contributed by atoms with E-state index in [1.54, 1.807) is 0 Å². The number of aliphatic imine (C=N–C) groups is 1. The number of aliphatic carboxylic acids is 1. The summed E-state index contributed by atoms with van der Waals surface area (Å²) in [5, 5.41) is 22.4. The van der Waals surface area contributed by atoms with Crippen molar-refractivity contribution in [3.05, 3.63) is 95.1 Å². The Bertz CT molecular complexity index is 1100. The van der Waals surface area contributed by atoms with Crippen LogP contribution in [0.3, 0.4) is 0 Å². The molecule has 3 aromatic rings. The maximum atomic E-state index is 12.6. The molecule has 150 valence electrons. The van der Waals surface area contributed by atoms with E-state index < -0.39 is 17.6 Å². The molecular weight excluding hydrogens is 378 g/mol. The third-order valence-corrected chi connectivity index (χ3v) is 6.12. The third kappa shape index (κ3) is 2.94. The van der Waals surface area contributed by atoms with Gasteiger partial charge in [0.1, 0.15) is 6.08 Å². The van der Waals surface area contributed by atoms with Crippen molar-refractivity contribution in [1.82, 2.24) is 0 Å². The summed E-state index contributed by atoms with van der Waals surface area (Å²) in [6.45, 7) is 0.124. The Morgan fingerprint density at radius 1 is 0.933 bits per heavy atom. The van der Waals surface area contributed by atoms with Gasteiger partial charge in [0.15, 0.2) is 5.54 Å². The molecule has 0 spiro atoms. The van der Waals surface area contributed by atoms with Crippen molar-refractivity contribution in [2.24, 2.45) is 4.99 Å². The lowest BCUT2D eigenvalue weighted by atomic mass is 9.97. The lowest BCUT2D eigenvalue weighted by molar-refractivity contribution is -0.252. The fraction of sp³-hybridized carbons (Fsp3) is 0.200. The van der Waals surface area contributed by atoms with Gasteiger partial charge in [-0.25, -0.2) is 4.79 Å². The molecule has 2 aliphatic carbocycles. The Morgan fingerprint density at radius 2 is 1.43 bits per heavy atom. The van der Waals surface area contributed by atoms with Crippen LogP contribution in [0, 0.1) is 0 Å². The smallest absolute Gasteiger partial charge is 0.332 e. The van der Waals surface area contributed by atoms with Gasteiger partial charge < -0.3 is 14.9 Å². The predicted molar refractivity (Wildman–Crippen MR) is 111 cm³/mol. The second-order valence-corrected chi connectivity index (χ2v) is 7.87. The molecule has 0 radical (unpaired) electrons. The van der Waals surface area contributed by atoms with E-state index in [-0.39, 0.29) is 25.4 Å². The lowest BCUT2D eigenvalue weighted by Gasteiger charge is -2.25. The second kappa shape index (κ2) is 7.02. The monoisotopic (exact) mass is 398 g/mol. The first-order chi connectivity index (χ1) is 14.6. The van der Waals surface area contributed by atoms with Crippen molar-refractivity contribution >= 4 is 12.1 Å². The maximum Gasteiger partial charge on any atom is 0.332 e. The summed E-state index contributed by atoms with van der Waals surface area (Å²) >= 11 is 0. The molecule has 0 aromatic heterocycles. The van der Waals surface area contributed by atoms with Crippen molar-refractivity contribution in [2.45, 2.75) is 24.3 Å². The van der Waals surface area contributed by atoms with Crippen LogP contribution in [-0.2, 0) is 22.4 Å². The van der Waals surface area contributed by atoms with Gasteiger partial charge in [-0.2, -0.15) is 0 Å². The van der Waals surface area contributed by atoms with E-state index in [1.807, 2.05) is 60.7 Å². The molecule has 0 heterocycles. The van der Waals surface area contributed by atoms with E-state index in [9.17, 15) is 15.0 Å². The summed E-state index contributed by atoms with van der Waals surface area (Å²) in [6.07, 6.45) is -0.433. The highest BCUT2D eigenvalue weighted by atomic mass is 16.6. The van der Waals surface area contributed by atoms with Gasteiger partial charge in [-0.05, 0) is 33.4 Å². The van der Waals surface area contributed by atoms with Crippen LogP contribution in [0.25, 0.3) is 11.1 Å². The average Bonchev–Trinajstić information content (AvgIpc) is 3.28. The SMILES string of the molecule is O=C(O)C1(N=C([O-])OCC2c3ccccc3-c3ccccc32)Cc2ccccc2C1.